The van der Waals surface area contributed by atoms with Crippen molar-refractivity contribution >= 4 is 5.91 Å². The standard InChI is InChI=1S/C19H25N3O3/c1-22-12-11-20-19(22)18(15-7-3-4-8-16(15)24-2)21-17(23)10-9-14-6-5-13-25-14/h3-4,7-8,11-12,14,18H,5-6,9-10,13H2,1-2H3,(H,21,23)/t14-,18+/m0/s1. The fraction of sp³-hybridized carbons (Fsp3) is 0.474. The Morgan fingerprint density at radius 2 is 2.32 bits per heavy atom. The van der Waals surface area contributed by atoms with Gasteiger partial charge in [-0.25, -0.2) is 4.98 Å². The van der Waals surface area contributed by atoms with Gasteiger partial charge in [-0.1, -0.05) is 18.2 Å². The third kappa shape index (κ3) is 4.20. The number of methoxy groups -OCH3 is 1. The molecular weight excluding hydrogens is 318 g/mol. The van der Waals surface area contributed by atoms with Crippen LogP contribution < -0.4 is 10.1 Å². The molecule has 1 fully saturated rings. The lowest BCUT2D eigenvalue weighted by Crippen LogP contribution is -2.31. The minimum absolute atomic E-state index is 0.00518. The van der Waals surface area contributed by atoms with Crippen LogP contribution in [0.2, 0.25) is 0 Å². The Balaban J connectivity index is 1.77. The van der Waals surface area contributed by atoms with Crippen LogP contribution in [0.3, 0.4) is 0 Å². The smallest absolute Gasteiger partial charge is 0.220 e. The summed E-state index contributed by atoms with van der Waals surface area (Å²) in [6.45, 7) is 0.809. The van der Waals surface area contributed by atoms with Gasteiger partial charge in [0.1, 0.15) is 17.6 Å². The Morgan fingerprint density at radius 3 is 3.00 bits per heavy atom. The van der Waals surface area contributed by atoms with Crippen LogP contribution in [0.15, 0.2) is 36.7 Å². The number of rotatable bonds is 7. The van der Waals surface area contributed by atoms with Gasteiger partial charge in [-0.15, -0.1) is 0 Å². The van der Waals surface area contributed by atoms with Crippen LogP contribution in [-0.4, -0.2) is 35.3 Å². The van der Waals surface area contributed by atoms with Gasteiger partial charge in [-0.3, -0.25) is 4.79 Å². The van der Waals surface area contributed by atoms with Crippen molar-refractivity contribution in [1.29, 1.82) is 0 Å². The maximum atomic E-state index is 12.5. The van der Waals surface area contributed by atoms with E-state index in [0.717, 1.165) is 43.0 Å². The van der Waals surface area contributed by atoms with E-state index in [-0.39, 0.29) is 18.1 Å². The van der Waals surface area contributed by atoms with E-state index in [1.165, 1.54) is 0 Å². The topological polar surface area (TPSA) is 65.4 Å². The number of para-hydroxylation sites is 1. The predicted molar refractivity (Wildman–Crippen MR) is 94.4 cm³/mol. The fourth-order valence-corrected chi connectivity index (χ4v) is 3.24. The van der Waals surface area contributed by atoms with E-state index >= 15 is 0 Å². The van der Waals surface area contributed by atoms with E-state index in [1.54, 1.807) is 13.3 Å². The van der Waals surface area contributed by atoms with Crippen molar-refractivity contribution in [2.24, 2.45) is 7.05 Å². The van der Waals surface area contributed by atoms with Crippen LogP contribution >= 0.6 is 0 Å². The summed E-state index contributed by atoms with van der Waals surface area (Å²) in [5, 5.41) is 3.12. The zero-order chi connectivity index (χ0) is 17.6. The summed E-state index contributed by atoms with van der Waals surface area (Å²) >= 11 is 0. The van der Waals surface area contributed by atoms with E-state index in [1.807, 2.05) is 42.1 Å². The Morgan fingerprint density at radius 1 is 1.48 bits per heavy atom. The Hall–Kier alpha value is -2.34. The first-order valence-electron chi connectivity index (χ1n) is 8.70. The number of ether oxygens (including phenoxy) is 2. The van der Waals surface area contributed by atoms with Gasteiger partial charge in [0, 0.05) is 38.0 Å². The highest BCUT2D eigenvalue weighted by Crippen LogP contribution is 2.29. The van der Waals surface area contributed by atoms with E-state index in [0.29, 0.717) is 6.42 Å². The number of aryl methyl sites for hydroxylation is 1. The normalized spacial score (nSPS) is 18.1. The molecular formula is C19H25N3O3. The fourth-order valence-electron chi connectivity index (χ4n) is 3.24. The van der Waals surface area contributed by atoms with Crippen LogP contribution in [-0.2, 0) is 16.6 Å². The predicted octanol–water partition coefficient (Wildman–Crippen LogP) is 2.59. The number of amides is 1. The molecule has 6 heteroatoms. The second-order valence-corrected chi connectivity index (χ2v) is 6.31. The maximum Gasteiger partial charge on any atom is 0.220 e. The van der Waals surface area contributed by atoms with Crippen molar-refractivity contribution < 1.29 is 14.3 Å². The molecule has 2 aromatic rings. The molecule has 1 aromatic carbocycles. The van der Waals surface area contributed by atoms with E-state index in [4.69, 9.17) is 9.47 Å². The van der Waals surface area contributed by atoms with E-state index in [9.17, 15) is 4.79 Å². The average Bonchev–Trinajstić information content (AvgIpc) is 3.29. The van der Waals surface area contributed by atoms with Crippen molar-refractivity contribution in [1.82, 2.24) is 14.9 Å². The van der Waals surface area contributed by atoms with Gasteiger partial charge in [0.25, 0.3) is 0 Å². The molecule has 2 atom stereocenters. The number of nitrogens with zero attached hydrogens (tertiary/aromatic N) is 2. The van der Waals surface area contributed by atoms with Gasteiger partial charge in [0.2, 0.25) is 5.91 Å². The van der Waals surface area contributed by atoms with Gasteiger partial charge in [-0.05, 0) is 25.3 Å². The summed E-state index contributed by atoms with van der Waals surface area (Å²) < 4.78 is 13.0. The quantitative estimate of drug-likeness (QED) is 0.839. The summed E-state index contributed by atoms with van der Waals surface area (Å²) in [5.74, 6) is 1.50. The molecule has 0 radical (unpaired) electrons. The molecule has 6 nitrogen and oxygen atoms in total. The molecule has 0 saturated carbocycles. The highest BCUT2D eigenvalue weighted by molar-refractivity contribution is 5.77. The molecule has 1 saturated heterocycles. The number of nitrogens with one attached hydrogen (secondary N) is 1. The zero-order valence-corrected chi connectivity index (χ0v) is 14.8. The lowest BCUT2D eigenvalue weighted by Gasteiger charge is -2.21. The Kier molecular flexibility index (Phi) is 5.71. The van der Waals surface area contributed by atoms with Crippen molar-refractivity contribution in [3.8, 4) is 5.75 Å². The molecule has 1 amide bonds. The van der Waals surface area contributed by atoms with Gasteiger partial charge in [0.05, 0.1) is 13.2 Å². The highest BCUT2D eigenvalue weighted by atomic mass is 16.5. The molecule has 1 N–H and O–H groups in total. The molecule has 0 bridgehead atoms. The first kappa shape index (κ1) is 17.5. The third-order valence-electron chi connectivity index (χ3n) is 4.59. The second kappa shape index (κ2) is 8.16. The first-order valence-corrected chi connectivity index (χ1v) is 8.70. The minimum Gasteiger partial charge on any atom is -0.496 e. The largest absolute Gasteiger partial charge is 0.496 e. The maximum absolute atomic E-state index is 12.5. The number of benzene rings is 1. The molecule has 1 aliphatic heterocycles. The highest BCUT2D eigenvalue weighted by Gasteiger charge is 2.24. The summed E-state index contributed by atoms with van der Waals surface area (Å²) in [6, 6.07) is 7.35. The lowest BCUT2D eigenvalue weighted by molar-refractivity contribution is -0.122. The van der Waals surface area contributed by atoms with Crippen LogP contribution in [0, 0.1) is 0 Å². The second-order valence-electron chi connectivity index (χ2n) is 6.31. The van der Waals surface area contributed by atoms with E-state index in [2.05, 4.69) is 10.3 Å². The molecule has 3 rings (SSSR count). The Labute approximate surface area is 148 Å². The first-order chi connectivity index (χ1) is 12.2. The number of carbonyl (C=O) groups is 1. The molecule has 0 spiro atoms. The van der Waals surface area contributed by atoms with Gasteiger partial charge in [0.15, 0.2) is 0 Å². The van der Waals surface area contributed by atoms with Crippen molar-refractivity contribution in [2.45, 2.75) is 37.8 Å². The molecule has 25 heavy (non-hydrogen) atoms. The van der Waals surface area contributed by atoms with Crippen molar-refractivity contribution in [3.05, 3.63) is 48.0 Å². The minimum atomic E-state index is -0.354. The SMILES string of the molecule is COc1ccccc1[C@@H](NC(=O)CC[C@@H]1CCCO1)c1nccn1C. The molecule has 0 unspecified atom stereocenters. The molecule has 1 aliphatic rings. The number of imidazole rings is 1. The van der Waals surface area contributed by atoms with E-state index < -0.39 is 0 Å². The molecule has 1 aromatic heterocycles. The average molecular weight is 343 g/mol. The molecule has 134 valence electrons. The lowest BCUT2D eigenvalue weighted by atomic mass is 10.0. The summed E-state index contributed by atoms with van der Waals surface area (Å²) in [7, 11) is 3.55. The van der Waals surface area contributed by atoms with Crippen molar-refractivity contribution in [2.75, 3.05) is 13.7 Å². The van der Waals surface area contributed by atoms with Crippen LogP contribution in [0.4, 0.5) is 0 Å². The number of carbonyl (C=O) groups excluding carboxylic acids is 1. The number of hydrogen-bond acceptors (Lipinski definition) is 4. The number of hydrogen-bond donors (Lipinski definition) is 1. The number of aromatic nitrogens is 2. The molecule has 0 aliphatic carbocycles. The van der Waals surface area contributed by atoms with Crippen LogP contribution in [0.5, 0.6) is 5.75 Å². The van der Waals surface area contributed by atoms with Gasteiger partial charge >= 0.3 is 0 Å². The van der Waals surface area contributed by atoms with Crippen LogP contribution in [0.25, 0.3) is 0 Å². The Bertz CT molecular complexity index is 707. The van der Waals surface area contributed by atoms with Gasteiger partial charge in [-0.2, -0.15) is 0 Å². The molecule has 2 heterocycles. The van der Waals surface area contributed by atoms with Gasteiger partial charge < -0.3 is 19.4 Å². The van der Waals surface area contributed by atoms with Crippen LogP contribution in [0.1, 0.15) is 43.1 Å². The summed E-state index contributed by atoms with van der Waals surface area (Å²) in [5.41, 5.74) is 0.893. The summed E-state index contributed by atoms with van der Waals surface area (Å²) in [4.78, 5) is 17.0. The third-order valence-corrected chi connectivity index (χ3v) is 4.59. The van der Waals surface area contributed by atoms with Crippen molar-refractivity contribution in [3.63, 3.8) is 0 Å². The monoisotopic (exact) mass is 343 g/mol. The summed E-state index contributed by atoms with van der Waals surface area (Å²) in [6.07, 6.45) is 7.15. The zero-order valence-electron chi connectivity index (χ0n) is 14.8.